The van der Waals surface area contributed by atoms with Gasteiger partial charge in [-0.1, -0.05) is 0 Å². The number of hydrogen-bond acceptors (Lipinski definition) is 2. The first-order chi connectivity index (χ1) is 6.20. The van der Waals surface area contributed by atoms with Gasteiger partial charge >= 0.3 is 0 Å². The number of nitrogens with zero attached hydrogens (tertiary/aromatic N) is 1. The minimum Gasteiger partial charge on any atom is -0.379 e. The van der Waals surface area contributed by atoms with Crippen molar-refractivity contribution in [3.05, 3.63) is 17.2 Å². The first kappa shape index (κ1) is 10.5. The van der Waals surface area contributed by atoms with Gasteiger partial charge in [0.2, 0.25) is 0 Å². The number of rotatable bonds is 5. The molecule has 3 nitrogen and oxygen atoms in total. The molecule has 0 aliphatic heterocycles. The molecule has 0 saturated carbocycles. The molecule has 1 aromatic heterocycles. The Morgan fingerprint density at radius 3 is 2.92 bits per heavy atom. The van der Waals surface area contributed by atoms with Crippen LogP contribution in [0.3, 0.4) is 0 Å². The molecule has 4 heteroatoms. The largest absolute Gasteiger partial charge is 0.379 e. The summed E-state index contributed by atoms with van der Waals surface area (Å²) in [6, 6.07) is 0. The average molecular weight is 200 g/mol. The van der Waals surface area contributed by atoms with E-state index in [4.69, 9.17) is 17.0 Å². The number of aromatic amines is 1. The average Bonchev–Trinajstić information content (AvgIpc) is 2.45. The van der Waals surface area contributed by atoms with Crippen molar-refractivity contribution in [2.24, 2.45) is 0 Å². The van der Waals surface area contributed by atoms with Gasteiger partial charge in [-0.15, -0.1) is 0 Å². The highest BCUT2D eigenvalue weighted by atomic mass is 32.1. The summed E-state index contributed by atoms with van der Waals surface area (Å²) in [5.74, 6) is 0. The molecule has 1 aromatic rings. The number of hydrogen-bond donors (Lipinski definition) is 1. The van der Waals surface area contributed by atoms with Crippen molar-refractivity contribution in [1.29, 1.82) is 0 Å². The Morgan fingerprint density at radius 2 is 2.38 bits per heavy atom. The lowest BCUT2D eigenvalue weighted by Gasteiger charge is -2.07. The van der Waals surface area contributed by atoms with E-state index in [1.807, 2.05) is 30.8 Å². The van der Waals surface area contributed by atoms with Crippen LogP contribution in [0.2, 0.25) is 0 Å². The molecule has 0 unspecified atom stereocenters. The lowest BCUT2D eigenvalue weighted by atomic mass is 10.4. The van der Waals surface area contributed by atoms with Crippen LogP contribution in [0.1, 0.15) is 20.3 Å². The molecule has 74 valence electrons. The zero-order valence-corrected chi connectivity index (χ0v) is 8.93. The molecule has 0 atom stereocenters. The molecule has 1 N–H and O–H groups in total. The highest BCUT2D eigenvalue weighted by Crippen LogP contribution is 1.96. The number of ether oxygens (including phenoxy) is 1. The summed E-state index contributed by atoms with van der Waals surface area (Å²) in [5, 5.41) is 0. The van der Waals surface area contributed by atoms with Gasteiger partial charge in [-0.05, 0) is 32.5 Å². The normalized spacial score (nSPS) is 11.0. The zero-order valence-electron chi connectivity index (χ0n) is 8.12. The van der Waals surface area contributed by atoms with E-state index in [-0.39, 0.29) is 0 Å². The van der Waals surface area contributed by atoms with E-state index in [1.165, 1.54) is 0 Å². The lowest BCUT2D eigenvalue weighted by Crippen LogP contribution is -2.06. The van der Waals surface area contributed by atoms with E-state index >= 15 is 0 Å². The number of nitrogens with one attached hydrogen (secondary N) is 1. The van der Waals surface area contributed by atoms with Crippen molar-refractivity contribution < 1.29 is 4.74 Å². The van der Waals surface area contributed by atoms with Gasteiger partial charge in [-0.25, -0.2) is 0 Å². The molecular weight excluding hydrogens is 184 g/mol. The van der Waals surface area contributed by atoms with Gasteiger partial charge in [-0.3, -0.25) is 0 Å². The van der Waals surface area contributed by atoms with Crippen LogP contribution in [-0.4, -0.2) is 22.3 Å². The number of imidazole rings is 1. The van der Waals surface area contributed by atoms with Gasteiger partial charge in [0.1, 0.15) is 0 Å². The maximum atomic E-state index is 5.42. The fraction of sp³-hybridized carbons (Fsp3) is 0.667. The zero-order chi connectivity index (χ0) is 9.68. The maximum Gasteiger partial charge on any atom is 0.177 e. The molecule has 0 aromatic carbocycles. The van der Waals surface area contributed by atoms with E-state index < -0.39 is 0 Å². The molecule has 0 saturated heterocycles. The topological polar surface area (TPSA) is 29.9 Å². The van der Waals surface area contributed by atoms with Crippen LogP contribution in [0.25, 0.3) is 0 Å². The van der Waals surface area contributed by atoms with E-state index in [0.29, 0.717) is 6.10 Å². The molecule has 0 radical (unpaired) electrons. The van der Waals surface area contributed by atoms with Gasteiger partial charge in [0.25, 0.3) is 0 Å². The van der Waals surface area contributed by atoms with Gasteiger partial charge in [0.05, 0.1) is 6.10 Å². The summed E-state index contributed by atoms with van der Waals surface area (Å²) in [6.07, 6.45) is 5.13. The first-order valence-corrected chi connectivity index (χ1v) is 4.96. The monoisotopic (exact) mass is 200 g/mol. The smallest absolute Gasteiger partial charge is 0.177 e. The second kappa shape index (κ2) is 5.19. The highest BCUT2D eigenvalue weighted by molar-refractivity contribution is 7.71. The van der Waals surface area contributed by atoms with Crippen LogP contribution in [0, 0.1) is 4.77 Å². The van der Waals surface area contributed by atoms with Crippen LogP contribution in [0.5, 0.6) is 0 Å². The fourth-order valence-corrected chi connectivity index (χ4v) is 1.30. The summed E-state index contributed by atoms with van der Waals surface area (Å²) in [5.41, 5.74) is 0. The van der Waals surface area contributed by atoms with Crippen LogP contribution in [0.15, 0.2) is 12.4 Å². The Bertz CT molecular complexity index is 290. The number of aryl methyl sites for hydroxylation is 1. The van der Waals surface area contributed by atoms with Crippen molar-refractivity contribution in [2.45, 2.75) is 32.9 Å². The fourth-order valence-electron chi connectivity index (χ4n) is 1.08. The number of aromatic nitrogens is 2. The Labute approximate surface area is 83.7 Å². The van der Waals surface area contributed by atoms with E-state index in [9.17, 15) is 0 Å². The van der Waals surface area contributed by atoms with Crippen molar-refractivity contribution >= 4 is 12.2 Å². The Morgan fingerprint density at radius 1 is 1.62 bits per heavy atom. The third-order valence-electron chi connectivity index (χ3n) is 1.72. The summed E-state index contributed by atoms with van der Waals surface area (Å²) >= 11 is 5.05. The molecule has 0 amide bonds. The van der Waals surface area contributed by atoms with E-state index in [0.717, 1.165) is 24.3 Å². The summed E-state index contributed by atoms with van der Waals surface area (Å²) in [4.78, 5) is 2.96. The standard InChI is InChI=1S/C9H16N2OS/c1-8(2)12-7-3-5-11-6-4-10-9(11)13/h4,6,8H,3,5,7H2,1-2H3,(H,10,13). The minimum absolute atomic E-state index is 0.319. The molecule has 1 heterocycles. The SMILES string of the molecule is CC(C)OCCCn1cc[nH]c1=S. The lowest BCUT2D eigenvalue weighted by molar-refractivity contribution is 0.0748. The van der Waals surface area contributed by atoms with Gasteiger partial charge in [0, 0.05) is 25.5 Å². The van der Waals surface area contributed by atoms with Crippen molar-refractivity contribution in [2.75, 3.05) is 6.61 Å². The van der Waals surface area contributed by atoms with E-state index in [2.05, 4.69) is 4.98 Å². The molecule has 0 bridgehead atoms. The third kappa shape index (κ3) is 3.74. The van der Waals surface area contributed by atoms with Crippen molar-refractivity contribution in [3.8, 4) is 0 Å². The predicted octanol–water partition coefficient (Wildman–Crippen LogP) is 2.36. The van der Waals surface area contributed by atoms with E-state index in [1.54, 1.807) is 0 Å². The number of H-pyrrole nitrogens is 1. The molecule has 13 heavy (non-hydrogen) atoms. The summed E-state index contributed by atoms with van der Waals surface area (Å²) < 4.78 is 8.22. The van der Waals surface area contributed by atoms with Crippen LogP contribution in [0.4, 0.5) is 0 Å². The highest BCUT2D eigenvalue weighted by Gasteiger charge is 1.95. The Hall–Kier alpha value is -0.610. The van der Waals surface area contributed by atoms with Gasteiger partial charge in [-0.2, -0.15) is 0 Å². The van der Waals surface area contributed by atoms with Crippen LogP contribution < -0.4 is 0 Å². The molecule has 0 spiro atoms. The second-order valence-electron chi connectivity index (χ2n) is 3.23. The Balaban J connectivity index is 2.21. The molecule has 0 aliphatic rings. The first-order valence-electron chi connectivity index (χ1n) is 4.55. The predicted molar refractivity (Wildman–Crippen MR) is 55.3 cm³/mol. The van der Waals surface area contributed by atoms with Gasteiger partial charge in [0.15, 0.2) is 4.77 Å². The molecular formula is C9H16N2OS. The van der Waals surface area contributed by atoms with Gasteiger partial charge < -0.3 is 14.3 Å². The maximum absolute atomic E-state index is 5.42. The second-order valence-corrected chi connectivity index (χ2v) is 3.62. The van der Waals surface area contributed by atoms with Crippen molar-refractivity contribution in [1.82, 2.24) is 9.55 Å². The quantitative estimate of drug-likeness (QED) is 0.584. The summed E-state index contributed by atoms with van der Waals surface area (Å²) in [6.45, 7) is 5.81. The molecule has 1 rings (SSSR count). The molecule has 0 fully saturated rings. The minimum atomic E-state index is 0.319. The van der Waals surface area contributed by atoms with Crippen LogP contribution in [-0.2, 0) is 11.3 Å². The van der Waals surface area contributed by atoms with Crippen molar-refractivity contribution in [3.63, 3.8) is 0 Å². The molecule has 0 aliphatic carbocycles. The summed E-state index contributed by atoms with van der Waals surface area (Å²) in [7, 11) is 0. The van der Waals surface area contributed by atoms with Crippen LogP contribution >= 0.6 is 12.2 Å². The third-order valence-corrected chi connectivity index (χ3v) is 2.07. The Kier molecular flexibility index (Phi) is 4.18.